The van der Waals surface area contributed by atoms with Crippen LogP contribution in [0.3, 0.4) is 0 Å². The molecule has 26 heavy (non-hydrogen) atoms. The van der Waals surface area contributed by atoms with Gasteiger partial charge in [0.05, 0.1) is 16.8 Å². The van der Waals surface area contributed by atoms with E-state index in [-0.39, 0.29) is 18.0 Å². The Morgan fingerprint density at radius 3 is 2.50 bits per heavy atom. The lowest BCUT2D eigenvalue weighted by atomic mass is 10.3. The normalized spacial score (nSPS) is 16.5. The summed E-state index contributed by atoms with van der Waals surface area (Å²) in [5.74, 6) is -2.25. The van der Waals surface area contributed by atoms with Crippen LogP contribution in [0.15, 0.2) is 29.3 Å². The molecule has 1 fully saturated rings. The number of hydrogen-bond donors (Lipinski definition) is 0. The SMILES string of the molecule is Cc1cn2nc(N3CCN(S(=O)(=O)c4ccc(F)c(F)c4)CC3)sc2n1. The monoisotopic (exact) mass is 399 g/mol. The molecule has 1 saturated heterocycles. The molecule has 0 unspecified atom stereocenters. The molecule has 0 aliphatic carbocycles. The predicted octanol–water partition coefficient (Wildman–Crippen LogP) is 1.89. The lowest BCUT2D eigenvalue weighted by Crippen LogP contribution is -2.48. The highest BCUT2D eigenvalue weighted by molar-refractivity contribution is 7.89. The molecule has 3 heterocycles. The number of benzene rings is 1. The van der Waals surface area contributed by atoms with Crippen LogP contribution >= 0.6 is 11.3 Å². The summed E-state index contributed by atoms with van der Waals surface area (Å²) in [6, 6.07) is 2.62. The number of halogens is 2. The number of aryl methyl sites for hydroxylation is 1. The summed E-state index contributed by atoms with van der Waals surface area (Å²) >= 11 is 1.44. The molecule has 0 N–H and O–H groups in total. The van der Waals surface area contributed by atoms with Crippen molar-refractivity contribution in [1.29, 1.82) is 0 Å². The predicted molar refractivity (Wildman–Crippen MR) is 92.9 cm³/mol. The molecule has 0 atom stereocenters. The van der Waals surface area contributed by atoms with E-state index in [1.165, 1.54) is 15.6 Å². The molecule has 3 aromatic rings. The Bertz CT molecular complexity index is 1040. The van der Waals surface area contributed by atoms with Crippen molar-refractivity contribution in [1.82, 2.24) is 18.9 Å². The third-order valence-electron chi connectivity index (χ3n) is 4.19. The third-order valence-corrected chi connectivity index (χ3v) is 7.07. The van der Waals surface area contributed by atoms with Crippen molar-refractivity contribution in [2.75, 3.05) is 31.1 Å². The van der Waals surface area contributed by atoms with Crippen molar-refractivity contribution < 1.29 is 17.2 Å². The molecule has 0 saturated carbocycles. The fourth-order valence-corrected chi connectivity index (χ4v) is 5.25. The van der Waals surface area contributed by atoms with Crippen LogP contribution in [-0.2, 0) is 10.0 Å². The van der Waals surface area contributed by atoms with Gasteiger partial charge in [-0.2, -0.15) is 4.31 Å². The van der Waals surface area contributed by atoms with Crippen molar-refractivity contribution >= 4 is 31.5 Å². The van der Waals surface area contributed by atoms with E-state index in [9.17, 15) is 17.2 Å². The van der Waals surface area contributed by atoms with Crippen LogP contribution < -0.4 is 4.90 Å². The van der Waals surface area contributed by atoms with Crippen LogP contribution in [0.25, 0.3) is 4.96 Å². The first kappa shape index (κ1) is 17.3. The van der Waals surface area contributed by atoms with Gasteiger partial charge in [0, 0.05) is 26.2 Å². The first-order valence-electron chi connectivity index (χ1n) is 7.87. The highest BCUT2D eigenvalue weighted by Gasteiger charge is 2.30. The van der Waals surface area contributed by atoms with E-state index in [4.69, 9.17) is 0 Å². The number of nitrogens with zero attached hydrogens (tertiary/aromatic N) is 5. The van der Waals surface area contributed by atoms with Gasteiger partial charge in [-0.05, 0) is 25.1 Å². The van der Waals surface area contributed by atoms with E-state index in [1.54, 1.807) is 4.52 Å². The van der Waals surface area contributed by atoms with Crippen molar-refractivity contribution in [3.8, 4) is 0 Å². The summed E-state index contributed by atoms with van der Waals surface area (Å²) in [5, 5.41) is 5.24. The van der Waals surface area contributed by atoms with Crippen LogP contribution in [-0.4, -0.2) is 53.5 Å². The van der Waals surface area contributed by atoms with Crippen LogP contribution in [0.2, 0.25) is 0 Å². The lowest BCUT2D eigenvalue weighted by Gasteiger charge is -2.33. The quantitative estimate of drug-likeness (QED) is 0.673. The maximum Gasteiger partial charge on any atom is 0.243 e. The largest absolute Gasteiger partial charge is 0.344 e. The van der Waals surface area contributed by atoms with E-state index in [1.807, 2.05) is 18.0 Å². The fourth-order valence-electron chi connectivity index (χ4n) is 2.83. The fraction of sp³-hybridized carbons (Fsp3) is 0.333. The second kappa shape index (κ2) is 6.25. The Balaban J connectivity index is 1.50. The smallest absolute Gasteiger partial charge is 0.243 e. The minimum absolute atomic E-state index is 0.238. The second-order valence-electron chi connectivity index (χ2n) is 5.96. The van der Waals surface area contributed by atoms with E-state index < -0.39 is 21.7 Å². The van der Waals surface area contributed by atoms with Gasteiger partial charge in [0.25, 0.3) is 0 Å². The van der Waals surface area contributed by atoms with Crippen LogP contribution in [0.4, 0.5) is 13.9 Å². The number of sulfonamides is 1. The number of piperazine rings is 1. The van der Waals surface area contributed by atoms with Gasteiger partial charge >= 0.3 is 0 Å². The molecule has 2 aromatic heterocycles. The standard InChI is InChI=1S/C15H15F2N5O2S2/c1-10-9-22-14(18-10)25-15(19-22)20-4-6-21(7-5-20)26(23,24)11-2-3-12(16)13(17)8-11/h2-3,8-9H,4-7H2,1H3. The van der Waals surface area contributed by atoms with Gasteiger partial charge in [-0.1, -0.05) is 11.3 Å². The van der Waals surface area contributed by atoms with Gasteiger partial charge in [0.2, 0.25) is 20.1 Å². The number of anilines is 1. The highest BCUT2D eigenvalue weighted by atomic mass is 32.2. The highest BCUT2D eigenvalue weighted by Crippen LogP contribution is 2.26. The molecule has 1 aliphatic heterocycles. The van der Waals surface area contributed by atoms with Crippen molar-refractivity contribution in [2.45, 2.75) is 11.8 Å². The molecule has 7 nitrogen and oxygen atoms in total. The van der Waals surface area contributed by atoms with Gasteiger partial charge in [-0.25, -0.2) is 26.7 Å². The van der Waals surface area contributed by atoms with E-state index in [0.29, 0.717) is 13.1 Å². The van der Waals surface area contributed by atoms with Gasteiger partial charge in [0.1, 0.15) is 0 Å². The first-order chi connectivity index (χ1) is 12.3. The average Bonchev–Trinajstić information content (AvgIpc) is 3.14. The molecular weight excluding hydrogens is 384 g/mol. The molecule has 0 radical (unpaired) electrons. The minimum Gasteiger partial charge on any atom is -0.344 e. The van der Waals surface area contributed by atoms with Gasteiger partial charge in [-0.3, -0.25) is 0 Å². The van der Waals surface area contributed by atoms with Crippen LogP contribution in [0.5, 0.6) is 0 Å². The lowest BCUT2D eigenvalue weighted by molar-refractivity contribution is 0.384. The minimum atomic E-state index is -3.86. The Kier molecular flexibility index (Phi) is 4.16. The average molecular weight is 399 g/mol. The Labute approximate surface area is 152 Å². The first-order valence-corrected chi connectivity index (χ1v) is 10.1. The summed E-state index contributed by atoms with van der Waals surface area (Å²) in [5.41, 5.74) is 0.887. The maximum absolute atomic E-state index is 13.4. The van der Waals surface area contributed by atoms with E-state index in [2.05, 4.69) is 10.1 Å². The molecule has 11 heteroatoms. The Hall–Kier alpha value is -2.11. The summed E-state index contributed by atoms with van der Waals surface area (Å²) in [7, 11) is -3.86. The number of aromatic nitrogens is 3. The summed E-state index contributed by atoms with van der Waals surface area (Å²) < 4.78 is 54.7. The van der Waals surface area contributed by atoms with Gasteiger partial charge in [0.15, 0.2) is 11.6 Å². The molecule has 0 bridgehead atoms. The molecule has 1 aliphatic rings. The van der Waals surface area contributed by atoms with E-state index >= 15 is 0 Å². The molecule has 4 rings (SSSR count). The zero-order valence-corrected chi connectivity index (χ0v) is 15.4. The summed E-state index contributed by atoms with van der Waals surface area (Å²) in [6.07, 6.45) is 1.83. The Morgan fingerprint density at radius 1 is 1.12 bits per heavy atom. The number of fused-ring (bicyclic) bond motifs is 1. The van der Waals surface area contributed by atoms with Crippen molar-refractivity contribution in [3.05, 3.63) is 41.7 Å². The number of rotatable bonds is 3. The van der Waals surface area contributed by atoms with Crippen LogP contribution in [0, 0.1) is 18.6 Å². The number of hydrogen-bond acceptors (Lipinski definition) is 6. The molecule has 1 aromatic carbocycles. The molecule has 0 spiro atoms. The molecule has 0 amide bonds. The molecule has 138 valence electrons. The van der Waals surface area contributed by atoms with Crippen molar-refractivity contribution in [3.63, 3.8) is 0 Å². The third kappa shape index (κ3) is 2.95. The topological polar surface area (TPSA) is 70.8 Å². The van der Waals surface area contributed by atoms with Gasteiger partial charge in [-0.15, -0.1) is 5.10 Å². The zero-order chi connectivity index (χ0) is 18.5. The second-order valence-corrected chi connectivity index (χ2v) is 8.83. The van der Waals surface area contributed by atoms with Crippen molar-refractivity contribution in [2.24, 2.45) is 0 Å². The Morgan fingerprint density at radius 2 is 1.85 bits per heavy atom. The maximum atomic E-state index is 13.4. The van der Waals surface area contributed by atoms with Gasteiger partial charge < -0.3 is 4.90 Å². The summed E-state index contributed by atoms with van der Waals surface area (Å²) in [6.45, 7) is 3.28. The number of imidazole rings is 1. The van der Waals surface area contributed by atoms with Crippen LogP contribution in [0.1, 0.15) is 5.69 Å². The zero-order valence-electron chi connectivity index (χ0n) is 13.8. The molecular formula is C15H15F2N5O2S2. The van der Waals surface area contributed by atoms with E-state index in [0.717, 1.165) is 34.0 Å². The summed E-state index contributed by atoms with van der Waals surface area (Å²) in [4.78, 5) is 6.89.